The highest BCUT2D eigenvalue weighted by atomic mass is 32.2. The van der Waals surface area contributed by atoms with Gasteiger partial charge < -0.3 is 14.7 Å². The van der Waals surface area contributed by atoms with Crippen molar-refractivity contribution in [2.24, 2.45) is 0 Å². The standard InChI is InChI=1S/C20H29N5O4S2/c1-4-25(5-2)31(27,28)16-8-9-18(24-10-6-7-11-24)17(12-16)22-20(26)14-30-13-19-21-15(3)29-23-19/h8-9,12H,4-7,10-11,13-14H2,1-3H3,(H,22,26). The average molecular weight is 468 g/mol. The number of rotatable bonds is 10. The van der Waals surface area contributed by atoms with Crippen molar-refractivity contribution in [1.29, 1.82) is 0 Å². The van der Waals surface area contributed by atoms with Crippen molar-refractivity contribution in [3.8, 4) is 0 Å². The number of aromatic nitrogens is 2. The summed E-state index contributed by atoms with van der Waals surface area (Å²) in [5.41, 5.74) is 1.37. The molecule has 1 fully saturated rings. The monoisotopic (exact) mass is 467 g/mol. The van der Waals surface area contributed by atoms with Gasteiger partial charge in [0, 0.05) is 33.1 Å². The summed E-state index contributed by atoms with van der Waals surface area (Å²) < 4.78 is 32.3. The molecule has 0 unspecified atom stereocenters. The molecule has 31 heavy (non-hydrogen) atoms. The number of nitrogens with zero attached hydrogens (tertiary/aromatic N) is 4. The Bertz CT molecular complexity index is 999. The van der Waals surface area contributed by atoms with Crippen LogP contribution >= 0.6 is 11.8 Å². The molecule has 0 aliphatic carbocycles. The Hall–Kier alpha value is -2.11. The van der Waals surface area contributed by atoms with Crippen LogP contribution in [0.1, 0.15) is 38.4 Å². The second kappa shape index (κ2) is 10.5. The van der Waals surface area contributed by atoms with Crippen molar-refractivity contribution >= 4 is 39.1 Å². The van der Waals surface area contributed by atoms with Crippen molar-refractivity contribution in [2.75, 3.05) is 42.1 Å². The van der Waals surface area contributed by atoms with Crippen LogP contribution in [0.2, 0.25) is 0 Å². The molecule has 0 radical (unpaired) electrons. The van der Waals surface area contributed by atoms with Gasteiger partial charge in [-0.15, -0.1) is 11.8 Å². The first-order valence-corrected chi connectivity index (χ1v) is 13.0. The second-order valence-electron chi connectivity index (χ2n) is 7.23. The highest BCUT2D eigenvalue weighted by Crippen LogP contribution is 2.32. The molecule has 1 aliphatic rings. The van der Waals surface area contributed by atoms with E-state index in [2.05, 4.69) is 20.4 Å². The smallest absolute Gasteiger partial charge is 0.243 e. The van der Waals surface area contributed by atoms with E-state index in [1.165, 1.54) is 16.1 Å². The zero-order chi connectivity index (χ0) is 22.4. The van der Waals surface area contributed by atoms with Crippen LogP contribution in [0.25, 0.3) is 0 Å². The number of benzene rings is 1. The van der Waals surface area contributed by atoms with Gasteiger partial charge in [0.2, 0.25) is 21.8 Å². The summed E-state index contributed by atoms with van der Waals surface area (Å²) in [5.74, 6) is 1.48. The number of hydrogen-bond donors (Lipinski definition) is 1. The normalized spacial score (nSPS) is 14.4. The third kappa shape index (κ3) is 5.78. The summed E-state index contributed by atoms with van der Waals surface area (Å²) in [5, 5.41) is 6.74. The first-order valence-electron chi connectivity index (χ1n) is 10.4. The highest BCUT2D eigenvalue weighted by Gasteiger charge is 2.25. The first kappa shape index (κ1) is 23.6. The van der Waals surface area contributed by atoms with Gasteiger partial charge >= 0.3 is 0 Å². The number of anilines is 2. The number of carbonyl (C=O) groups is 1. The van der Waals surface area contributed by atoms with Gasteiger partial charge in [-0.1, -0.05) is 19.0 Å². The number of amides is 1. The van der Waals surface area contributed by atoms with E-state index in [-0.39, 0.29) is 16.6 Å². The van der Waals surface area contributed by atoms with E-state index in [0.29, 0.717) is 36.2 Å². The SMILES string of the molecule is CCN(CC)S(=O)(=O)c1ccc(N2CCCC2)c(NC(=O)CSCc2noc(C)n2)c1. The lowest BCUT2D eigenvalue weighted by molar-refractivity contribution is -0.113. The lowest BCUT2D eigenvalue weighted by Crippen LogP contribution is -2.31. The Morgan fingerprint density at radius 3 is 2.58 bits per heavy atom. The van der Waals surface area contributed by atoms with Gasteiger partial charge in [-0.2, -0.15) is 9.29 Å². The van der Waals surface area contributed by atoms with E-state index in [9.17, 15) is 13.2 Å². The summed E-state index contributed by atoms with van der Waals surface area (Å²) >= 11 is 1.37. The van der Waals surface area contributed by atoms with Crippen LogP contribution in [0.4, 0.5) is 11.4 Å². The number of nitrogens with one attached hydrogen (secondary N) is 1. The van der Waals surface area contributed by atoms with Crippen molar-refractivity contribution < 1.29 is 17.7 Å². The van der Waals surface area contributed by atoms with Gasteiger partial charge in [-0.25, -0.2) is 8.42 Å². The minimum Gasteiger partial charge on any atom is -0.370 e. The summed E-state index contributed by atoms with van der Waals surface area (Å²) in [6, 6.07) is 5.00. The molecule has 0 atom stereocenters. The fourth-order valence-corrected chi connectivity index (χ4v) is 5.69. The van der Waals surface area contributed by atoms with Gasteiger partial charge in [0.05, 0.1) is 27.8 Å². The van der Waals surface area contributed by atoms with Gasteiger partial charge in [-0.05, 0) is 31.0 Å². The Balaban J connectivity index is 1.77. The van der Waals surface area contributed by atoms with Crippen LogP contribution in [-0.4, -0.2) is 60.7 Å². The number of hydrogen-bond acceptors (Lipinski definition) is 8. The molecular weight excluding hydrogens is 438 g/mol. The van der Waals surface area contributed by atoms with Crippen LogP contribution < -0.4 is 10.2 Å². The molecule has 11 heteroatoms. The third-order valence-electron chi connectivity index (χ3n) is 5.07. The minimum absolute atomic E-state index is 0.185. The van der Waals surface area contributed by atoms with E-state index in [0.717, 1.165) is 31.6 Å². The molecule has 2 aromatic rings. The van der Waals surface area contributed by atoms with Gasteiger partial charge in [-0.3, -0.25) is 4.79 Å². The number of sulfonamides is 1. The Kier molecular flexibility index (Phi) is 7.95. The molecule has 3 rings (SSSR count). The summed E-state index contributed by atoms with van der Waals surface area (Å²) in [6.45, 7) is 7.89. The molecular formula is C20H29N5O4S2. The molecule has 1 aliphatic heterocycles. The maximum Gasteiger partial charge on any atom is 0.243 e. The quantitative estimate of drug-likeness (QED) is 0.568. The van der Waals surface area contributed by atoms with E-state index in [1.807, 2.05) is 13.8 Å². The van der Waals surface area contributed by atoms with Crippen molar-refractivity contribution in [3.05, 3.63) is 29.9 Å². The maximum atomic E-state index is 13.0. The lowest BCUT2D eigenvalue weighted by atomic mass is 10.2. The van der Waals surface area contributed by atoms with Crippen LogP contribution in [0.3, 0.4) is 0 Å². The zero-order valence-corrected chi connectivity index (χ0v) is 19.8. The van der Waals surface area contributed by atoms with Gasteiger partial charge in [0.25, 0.3) is 0 Å². The fourth-order valence-electron chi connectivity index (χ4n) is 3.54. The predicted molar refractivity (Wildman–Crippen MR) is 122 cm³/mol. The van der Waals surface area contributed by atoms with Crippen molar-refractivity contribution in [2.45, 2.75) is 44.3 Å². The number of thioether (sulfide) groups is 1. The van der Waals surface area contributed by atoms with Crippen molar-refractivity contribution in [3.63, 3.8) is 0 Å². The molecule has 170 valence electrons. The Labute approximate surface area is 187 Å². The molecule has 1 amide bonds. The average Bonchev–Trinajstić information content (AvgIpc) is 3.40. The lowest BCUT2D eigenvalue weighted by Gasteiger charge is -2.24. The third-order valence-corrected chi connectivity index (χ3v) is 8.04. The molecule has 2 heterocycles. The maximum absolute atomic E-state index is 13.0. The van der Waals surface area contributed by atoms with E-state index >= 15 is 0 Å². The van der Waals surface area contributed by atoms with Crippen molar-refractivity contribution in [1.82, 2.24) is 14.4 Å². The predicted octanol–water partition coefficient (Wildman–Crippen LogP) is 2.88. The topological polar surface area (TPSA) is 109 Å². The molecule has 1 saturated heterocycles. The molecule has 9 nitrogen and oxygen atoms in total. The number of aryl methyl sites for hydroxylation is 1. The first-order chi connectivity index (χ1) is 14.8. The van der Waals surface area contributed by atoms with Crippen LogP contribution in [0, 0.1) is 6.92 Å². The molecule has 0 bridgehead atoms. The van der Waals surface area contributed by atoms with Gasteiger partial charge in [0.1, 0.15) is 0 Å². The zero-order valence-electron chi connectivity index (χ0n) is 18.1. The van der Waals surface area contributed by atoms with E-state index in [1.54, 1.807) is 25.1 Å². The second-order valence-corrected chi connectivity index (χ2v) is 10.2. The Morgan fingerprint density at radius 1 is 1.26 bits per heavy atom. The van der Waals surface area contributed by atoms with Crippen LogP contribution in [-0.2, 0) is 20.6 Å². The number of carbonyl (C=O) groups excluding carboxylic acids is 1. The Morgan fingerprint density at radius 2 is 1.97 bits per heavy atom. The minimum atomic E-state index is -3.62. The van der Waals surface area contributed by atoms with E-state index < -0.39 is 10.0 Å². The fraction of sp³-hybridized carbons (Fsp3) is 0.550. The molecule has 1 aromatic heterocycles. The molecule has 0 spiro atoms. The highest BCUT2D eigenvalue weighted by molar-refractivity contribution is 7.99. The molecule has 1 aromatic carbocycles. The van der Waals surface area contributed by atoms with Crippen LogP contribution in [0.15, 0.2) is 27.6 Å². The van der Waals surface area contributed by atoms with Gasteiger partial charge in [0.15, 0.2) is 5.82 Å². The summed E-state index contributed by atoms with van der Waals surface area (Å²) in [6.07, 6.45) is 2.15. The summed E-state index contributed by atoms with van der Waals surface area (Å²) in [4.78, 5) is 19.1. The molecule has 1 N–H and O–H groups in total. The molecule has 0 saturated carbocycles. The summed E-state index contributed by atoms with van der Waals surface area (Å²) in [7, 11) is -3.62. The largest absolute Gasteiger partial charge is 0.370 e. The van der Waals surface area contributed by atoms with Crippen LogP contribution in [0.5, 0.6) is 0 Å². The van der Waals surface area contributed by atoms with E-state index in [4.69, 9.17) is 4.52 Å².